The SMILES string of the molecule is CC.NCN(Cc1ccc(Cl)s1)CC1CN(c2ccc(N3CCOCC3=O)cc2)C(=O)O1. The summed E-state index contributed by atoms with van der Waals surface area (Å²) >= 11 is 7.51. The summed E-state index contributed by atoms with van der Waals surface area (Å²) in [6.07, 6.45) is -0.664. The number of morpholine rings is 1. The highest BCUT2D eigenvalue weighted by atomic mass is 35.5. The molecule has 8 nitrogen and oxygen atoms in total. The molecule has 0 bridgehead atoms. The third-order valence-electron chi connectivity index (χ3n) is 5.06. The average Bonchev–Trinajstić information content (AvgIpc) is 3.39. The number of benzene rings is 1. The minimum Gasteiger partial charge on any atom is -0.443 e. The summed E-state index contributed by atoms with van der Waals surface area (Å²) in [5, 5.41) is 0. The molecule has 32 heavy (non-hydrogen) atoms. The molecule has 0 aliphatic carbocycles. The van der Waals surface area contributed by atoms with Crippen LogP contribution >= 0.6 is 22.9 Å². The average molecular weight is 481 g/mol. The molecule has 1 aromatic heterocycles. The summed E-state index contributed by atoms with van der Waals surface area (Å²) in [6.45, 7) is 7.12. The smallest absolute Gasteiger partial charge is 0.414 e. The molecule has 3 heterocycles. The van der Waals surface area contributed by atoms with Gasteiger partial charge in [-0.3, -0.25) is 14.6 Å². The van der Waals surface area contributed by atoms with Gasteiger partial charge in [-0.25, -0.2) is 4.79 Å². The molecule has 2 N–H and O–H groups in total. The lowest BCUT2D eigenvalue weighted by molar-refractivity contribution is -0.125. The van der Waals surface area contributed by atoms with Crippen LogP contribution in [0.1, 0.15) is 18.7 Å². The van der Waals surface area contributed by atoms with Crippen LogP contribution < -0.4 is 15.5 Å². The summed E-state index contributed by atoms with van der Waals surface area (Å²) in [5.74, 6) is -0.0662. The van der Waals surface area contributed by atoms with Crippen LogP contribution in [0.25, 0.3) is 0 Å². The van der Waals surface area contributed by atoms with Crippen molar-refractivity contribution >= 4 is 46.3 Å². The zero-order valence-electron chi connectivity index (χ0n) is 18.3. The molecule has 10 heteroatoms. The molecule has 2 amide bonds. The van der Waals surface area contributed by atoms with E-state index in [2.05, 4.69) is 0 Å². The number of rotatable bonds is 7. The van der Waals surface area contributed by atoms with E-state index in [1.165, 1.54) is 11.3 Å². The Morgan fingerprint density at radius 2 is 1.81 bits per heavy atom. The Hall–Kier alpha value is -2.17. The van der Waals surface area contributed by atoms with Crippen LogP contribution in [0, 0.1) is 0 Å². The number of carbonyl (C=O) groups excluding carboxylic acids is 2. The van der Waals surface area contributed by atoms with Gasteiger partial charge in [-0.15, -0.1) is 11.3 Å². The number of thiophene rings is 1. The number of halogens is 1. The van der Waals surface area contributed by atoms with Crippen LogP contribution in [0.4, 0.5) is 16.2 Å². The predicted octanol–water partition coefficient (Wildman–Crippen LogP) is 3.53. The van der Waals surface area contributed by atoms with E-state index in [1.54, 1.807) is 9.80 Å². The van der Waals surface area contributed by atoms with Crippen LogP contribution in [0.5, 0.6) is 0 Å². The van der Waals surface area contributed by atoms with Gasteiger partial charge in [0.2, 0.25) is 0 Å². The third kappa shape index (κ3) is 5.99. The highest BCUT2D eigenvalue weighted by molar-refractivity contribution is 7.16. The van der Waals surface area contributed by atoms with Gasteiger partial charge >= 0.3 is 6.09 Å². The highest BCUT2D eigenvalue weighted by Gasteiger charge is 2.33. The van der Waals surface area contributed by atoms with E-state index >= 15 is 0 Å². The maximum Gasteiger partial charge on any atom is 0.414 e. The monoisotopic (exact) mass is 480 g/mol. The molecule has 0 saturated carbocycles. The van der Waals surface area contributed by atoms with Gasteiger partial charge in [-0.2, -0.15) is 0 Å². The molecular weight excluding hydrogens is 452 g/mol. The highest BCUT2D eigenvalue weighted by Crippen LogP contribution is 2.27. The summed E-state index contributed by atoms with van der Waals surface area (Å²) in [4.78, 5) is 30.8. The Kier molecular flexibility index (Phi) is 8.89. The minimum atomic E-state index is -0.383. The predicted molar refractivity (Wildman–Crippen MR) is 127 cm³/mol. The Balaban J connectivity index is 0.00000141. The number of ether oxygens (including phenoxy) is 2. The van der Waals surface area contributed by atoms with E-state index in [9.17, 15) is 9.59 Å². The Labute approximate surface area is 197 Å². The van der Waals surface area contributed by atoms with E-state index in [0.29, 0.717) is 39.5 Å². The lowest BCUT2D eigenvalue weighted by Gasteiger charge is -2.27. The molecule has 2 saturated heterocycles. The lowest BCUT2D eigenvalue weighted by atomic mass is 10.2. The third-order valence-corrected chi connectivity index (χ3v) is 6.28. The van der Waals surface area contributed by atoms with Gasteiger partial charge in [0.1, 0.15) is 12.7 Å². The first-order valence-corrected chi connectivity index (χ1v) is 11.9. The molecule has 0 spiro atoms. The largest absolute Gasteiger partial charge is 0.443 e. The van der Waals surface area contributed by atoms with Crippen molar-refractivity contribution in [2.75, 3.05) is 49.3 Å². The number of hydrogen-bond donors (Lipinski definition) is 1. The van der Waals surface area contributed by atoms with E-state index in [0.717, 1.165) is 20.6 Å². The van der Waals surface area contributed by atoms with Gasteiger partial charge in [-0.05, 0) is 36.4 Å². The molecular formula is C22H29ClN4O4S. The molecule has 2 aliphatic rings. The summed E-state index contributed by atoms with van der Waals surface area (Å²) in [7, 11) is 0. The molecule has 4 rings (SSSR count). The maximum absolute atomic E-state index is 12.4. The number of amides is 2. The minimum absolute atomic E-state index is 0.0662. The van der Waals surface area contributed by atoms with Gasteiger partial charge in [0.05, 0.1) is 17.5 Å². The van der Waals surface area contributed by atoms with Crippen molar-refractivity contribution in [2.45, 2.75) is 26.5 Å². The number of nitrogens with two attached hydrogens (primary N) is 1. The van der Waals surface area contributed by atoms with Gasteiger partial charge in [0.15, 0.2) is 0 Å². The van der Waals surface area contributed by atoms with Gasteiger partial charge in [0, 0.05) is 42.6 Å². The summed E-state index contributed by atoms with van der Waals surface area (Å²) in [6, 6.07) is 11.2. The molecule has 1 atom stereocenters. The fourth-order valence-corrected chi connectivity index (χ4v) is 4.71. The van der Waals surface area contributed by atoms with Crippen LogP contribution in [0.2, 0.25) is 4.34 Å². The Morgan fingerprint density at radius 3 is 2.41 bits per heavy atom. The first kappa shape index (κ1) is 24.5. The number of carbonyl (C=O) groups is 2. The van der Waals surface area contributed by atoms with Crippen LogP contribution in [0.15, 0.2) is 36.4 Å². The maximum atomic E-state index is 12.4. The quantitative estimate of drug-likeness (QED) is 0.610. The fraction of sp³-hybridized carbons (Fsp3) is 0.455. The molecule has 1 aromatic carbocycles. The standard InChI is InChI=1S/C20H23ClN4O4S.C2H6/c21-18-6-5-17(30-18)11-23(13-22)9-16-10-25(20(27)29-16)15-3-1-14(2-4-15)24-7-8-28-12-19(24)26;1-2/h1-6,16H,7-13,22H2;1-2H3. The van der Waals surface area contributed by atoms with E-state index in [4.69, 9.17) is 26.8 Å². The molecule has 2 fully saturated rings. The van der Waals surface area contributed by atoms with E-state index < -0.39 is 0 Å². The van der Waals surface area contributed by atoms with Gasteiger partial charge in [0.25, 0.3) is 5.91 Å². The van der Waals surface area contributed by atoms with Gasteiger partial charge < -0.3 is 20.1 Å². The Morgan fingerprint density at radius 1 is 1.12 bits per heavy atom. The van der Waals surface area contributed by atoms with Crippen molar-refractivity contribution in [3.8, 4) is 0 Å². The second-order valence-electron chi connectivity index (χ2n) is 7.13. The fourth-order valence-electron chi connectivity index (χ4n) is 3.58. The normalized spacial score (nSPS) is 18.6. The lowest BCUT2D eigenvalue weighted by Crippen LogP contribution is -2.41. The number of cyclic esters (lactones) is 1. The zero-order valence-corrected chi connectivity index (χ0v) is 19.9. The molecule has 2 aromatic rings. The first-order valence-electron chi connectivity index (χ1n) is 10.7. The topological polar surface area (TPSA) is 88.3 Å². The number of anilines is 2. The van der Waals surface area contributed by atoms with Crippen molar-refractivity contribution in [1.29, 1.82) is 0 Å². The molecule has 2 aliphatic heterocycles. The Bertz CT molecular complexity index is 908. The van der Waals surface area contributed by atoms with Crippen molar-refractivity contribution in [2.24, 2.45) is 5.73 Å². The molecule has 1 unspecified atom stereocenters. The van der Waals surface area contributed by atoms with E-state index in [-0.39, 0.29) is 24.7 Å². The second kappa shape index (κ2) is 11.6. The van der Waals surface area contributed by atoms with Crippen LogP contribution in [0.3, 0.4) is 0 Å². The van der Waals surface area contributed by atoms with Crippen molar-refractivity contribution < 1.29 is 19.1 Å². The molecule has 0 radical (unpaired) electrons. The number of hydrogen-bond acceptors (Lipinski definition) is 7. The van der Waals surface area contributed by atoms with Crippen LogP contribution in [-0.2, 0) is 20.8 Å². The second-order valence-corrected chi connectivity index (χ2v) is 8.93. The van der Waals surface area contributed by atoms with Crippen molar-refractivity contribution in [1.82, 2.24) is 4.90 Å². The number of nitrogens with zero attached hydrogens (tertiary/aromatic N) is 3. The van der Waals surface area contributed by atoms with Crippen LogP contribution in [-0.4, -0.2) is 62.5 Å². The summed E-state index contributed by atoms with van der Waals surface area (Å²) < 4.78 is 11.5. The zero-order chi connectivity index (χ0) is 23.1. The molecule has 174 valence electrons. The van der Waals surface area contributed by atoms with Gasteiger partial charge in [-0.1, -0.05) is 25.4 Å². The van der Waals surface area contributed by atoms with Crippen molar-refractivity contribution in [3.05, 3.63) is 45.6 Å². The first-order chi connectivity index (χ1) is 15.5. The van der Waals surface area contributed by atoms with Crippen molar-refractivity contribution in [3.63, 3.8) is 0 Å². The van der Waals surface area contributed by atoms with E-state index in [1.807, 2.05) is 55.1 Å². The summed E-state index contributed by atoms with van der Waals surface area (Å²) in [5.41, 5.74) is 7.41.